The van der Waals surface area contributed by atoms with Gasteiger partial charge in [0.05, 0.1) is 15.7 Å². The Bertz CT molecular complexity index is 1090. The molecule has 0 amide bonds. The molecule has 4 rings (SSSR count). The van der Waals surface area contributed by atoms with Crippen LogP contribution < -0.4 is 0 Å². The van der Waals surface area contributed by atoms with E-state index in [9.17, 15) is 13.2 Å². The normalized spacial score (nSPS) is 18.2. The molecule has 1 aliphatic heterocycles. The van der Waals surface area contributed by atoms with E-state index in [-0.39, 0.29) is 23.1 Å². The highest BCUT2D eigenvalue weighted by Gasteiger charge is 2.33. The van der Waals surface area contributed by atoms with Crippen molar-refractivity contribution in [2.24, 2.45) is 0 Å². The molecule has 7 nitrogen and oxygen atoms in total. The van der Waals surface area contributed by atoms with Crippen molar-refractivity contribution in [1.82, 2.24) is 14.4 Å². The van der Waals surface area contributed by atoms with Gasteiger partial charge in [0.15, 0.2) is 5.78 Å². The van der Waals surface area contributed by atoms with Gasteiger partial charge in [0.1, 0.15) is 0 Å². The molecule has 0 spiro atoms. The van der Waals surface area contributed by atoms with Crippen LogP contribution in [0.2, 0.25) is 0 Å². The Labute approximate surface area is 167 Å². The Morgan fingerprint density at radius 1 is 1.29 bits per heavy atom. The second-order valence-electron chi connectivity index (χ2n) is 6.72. The molecule has 28 heavy (non-hydrogen) atoms. The second-order valence-corrected chi connectivity index (χ2v) is 9.61. The number of piperidine rings is 1. The van der Waals surface area contributed by atoms with Gasteiger partial charge in [-0.1, -0.05) is 23.4 Å². The Balaban J connectivity index is 1.56. The molecule has 0 aliphatic carbocycles. The molecule has 1 aliphatic rings. The summed E-state index contributed by atoms with van der Waals surface area (Å²) >= 11 is 1.52. The van der Waals surface area contributed by atoms with Crippen molar-refractivity contribution in [2.45, 2.75) is 30.6 Å². The zero-order valence-corrected chi connectivity index (χ0v) is 16.9. The highest BCUT2D eigenvalue weighted by Crippen LogP contribution is 2.31. The molecular formula is C19H19N3O4S2. The van der Waals surface area contributed by atoms with Gasteiger partial charge >= 0.3 is 0 Å². The van der Waals surface area contributed by atoms with Crippen molar-refractivity contribution in [1.29, 1.82) is 0 Å². The van der Waals surface area contributed by atoms with E-state index in [1.165, 1.54) is 34.7 Å². The number of hydrogen-bond acceptors (Lipinski definition) is 7. The first-order valence-electron chi connectivity index (χ1n) is 8.94. The maximum absolute atomic E-state index is 13.1. The van der Waals surface area contributed by atoms with E-state index in [4.69, 9.17) is 4.52 Å². The highest BCUT2D eigenvalue weighted by molar-refractivity contribution is 7.89. The Kier molecular flexibility index (Phi) is 5.13. The smallest absolute Gasteiger partial charge is 0.243 e. The number of benzene rings is 1. The zero-order valence-electron chi connectivity index (χ0n) is 15.2. The first-order chi connectivity index (χ1) is 13.4. The van der Waals surface area contributed by atoms with Gasteiger partial charge < -0.3 is 4.52 Å². The Hall–Kier alpha value is -2.36. The molecule has 1 atom stereocenters. The monoisotopic (exact) mass is 417 g/mol. The van der Waals surface area contributed by atoms with E-state index in [0.717, 1.165) is 11.3 Å². The predicted molar refractivity (Wildman–Crippen MR) is 105 cm³/mol. The first-order valence-corrected chi connectivity index (χ1v) is 11.3. The number of ketones is 1. The molecular weight excluding hydrogens is 398 g/mol. The molecule has 1 fully saturated rings. The number of carbonyl (C=O) groups excluding carboxylic acids is 1. The minimum absolute atomic E-state index is 0.130. The van der Waals surface area contributed by atoms with Crippen LogP contribution in [0.3, 0.4) is 0 Å². The summed E-state index contributed by atoms with van der Waals surface area (Å²) in [6, 6.07) is 10.00. The maximum Gasteiger partial charge on any atom is 0.243 e. The van der Waals surface area contributed by atoms with Gasteiger partial charge in [0, 0.05) is 18.7 Å². The number of thiophene rings is 1. The number of nitrogens with zero attached hydrogens (tertiary/aromatic N) is 3. The largest absolute Gasteiger partial charge is 0.339 e. The standard InChI is InChI=1S/C19H19N3O4S2/c1-13(23)14-5-2-7-16(11-14)28(24,25)22-9-3-6-15(12-22)19-20-18(21-26-19)17-8-4-10-27-17/h2,4-5,7-8,10-11,15H,3,6,9,12H2,1H3. The SMILES string of the molecule is CC(=O)c1cccc(S(=O)(=O)N2CCCC(c3nc(-c4cccs4)no3)C2)c1. The van der Waals surface area contributed by atoms with Crippen LogP contribution in [0.15, 0.2) is 51.2 Å². The van der Waals surface area contributed by atoms with Crippen molar-refractivity contribution >= 4 is 27.1 Å². The number of carbonyl (C=O) groups is 1. The van der Waals surface area contributed by atoms with E-state index < -0.39 is 10.0 Å². The molecule has 0 saturated carbocycles. The molecule has 1 unspecified atom stereocenters. The molecule has 3 aromatic rings. The van der Waals surface area contributed by atoms with Gasteiger partial charge in [0.2, 0.25) is 21.7 Å². The number of aromatic nitrogens is 2. The average molecular weight is 418 g/mol. The molecule has 1 aromatic carbocycles. The van der Waals surface area contributed by atoms with Gasteiger partial charge in [-0.2, -0.15) is 9.29 Å². The van der Waals surface area contributed by atoms with E-state index in [1.807, 2.05) is 17.5 Å². The van der Waals surface area contributed by atoms with Crippen molar-refractivity contribution in [3.05, 3.63) is 53.2 Å². The third-order valence-corrected chi connectivity index (χ3v) is 7.52. The van der Waals surface area contributed by atoms with Gasteiger partial charge in [0.25, 0.3) is 0 Å². The maximum atomic E-state index is 13.1. The Morgan fingerprint density at radius 2 is 2.14 bits per heavy atom. The summed E-state index contributed by atoms with van der Waals surface area (Å²) in [6.45, 7) is 2.12. The van der Waals surface area contributed by atoms with E-state index in [2.05, 4.69) is 10.1 Å². The third-order valence-electron chi connectivity index (χ3n) is 4.80. The third kappa shape index (κ3) is 3.65. The lowest BCUT2D eigenvalue weighted by molar-refractivity contribution is 0.101. The molecule has 146 valence electrons. The van der Waals surface area contributed by atoms with Gasteiger partial charge in [-0.3, -0.25) is 4.79 Å². The van der Waals surface area contributed by atoms with Crippen LogP contribution in [0.4, 0.5) is 0 Å². The lowest BCUT2D eigenvalue weighted by Gasteiger charge is -2.30. The minimum Gasteiger partial charge on any atom is -0.339 e. The van der Waals surface area contributed by atoms with Crippen LogP contribution in [-0.2, 0) is 10.0 Å². The van der Waals surface area contributed by atoms with Gasteiger partial charge in [-0.05, 0) is 43.3 Å². The predicted octanol–water partition coefficient (Wildman–Crippen LogP) is 3.57. The van der Waals surface area contributed by atoms with Crippen LogP contribution in [0.1, 0.15) is 41.9 Å². The topological polar surface area (TPSA) is 93.4 Å². The number of sulfonamides is 1. The average Bonchev–Trinajstić information content (AvgIpc) is 3.40. The summed E-state index contributed by atoms with van der Waals surface area (Å²) in [5, 5.41) is 5.97. The molecule has 1 saturated heterocycles. The molecule has 3 heterocycles. The fraction of sp³-hybridized carbons (Fsp3) is 0.316. The molecule has 0 N–H and O–H groups in total. The van der Waals surface area contributed by atoms with Gasteiger partial charge in [-0.25, -0.2) is 8.42 Å². The van der Waals surface area contributed by atoms with Crippen LogP contribution in [0.5, 0.6) is 0 Å². The quantitative estimate of drug-likeness (QED) is 0.589. The summed E-state index contributed by atoms with van der Waals surface area (Å²) < 4.78 is 33.0. The number of hydrogen-bond donors (Lipinski definition) is 0. The van der Waals surface area contributed by atoms with Crippen LogP contribution in [-0.4, -0.2) is 41.7 Å². The molecule has 0 bridgehead atoms. The number of rotatable bonds is 5. The van der Waals surface area contributed by atoms with E-state index in [1.54, 1.807) is 12.1 Å². The van der Waals surface area contributed by atoms with Crippen molar-refractivity contribution in [3.63, 3.8) is 0 Å². The molecule has 2 aromatic heterocycles. The summed E-state index contributed by atoms with van der Waals surface area (Å²) in [5.74, 6) is 0.668. The van der Waals surface area contributed by atoms with Crippen LogP contribution in [0, 0.1) is 0 Å². The van der Waals surface area contributed by atoms with E-state index in [0.29, 0.717) is 30.2 Å². The summed E-state index contributed by atoms with van der Waals surface area (Å²) in [4.78, 5) is 17.1. The fourth-order valence-corrected chi connectivity index (χ4v) is 5.51. The summed E-state index contributed by atoms with van der Waals surface area (Å²) in [7, 11) is -3.70. The minimum atomic E-state index is -3.70. The second kappa shape index (κ2) is 7.57. The lowest BCUT2D eigenvalue weighted by atomic mass is 10.00. The Morgan fingerprint density at radius 3 is 2.89 bits per heavy atom. The molecule has 0 radical (unpaired) electrons. The van der Waals surface area contributed by atoms with Gasteiger partial charge in [-0.15, -0.1) is 11.3 Å². The molecule has 9 heteroatoms. The zero-order chi connectivity index (χ0) is 19.7. The van der Waals surface area contributed by atoms with Crippen LogP contribution in [0.25, 0.3) is 10.7 Å². The van der Waals surface area contributed by atoms with Crippen molar-refractivity contribution in [2.75, 3.05) is 13.1 Å². The van der Waals surface area contributed by atoms with Crippen molar-refractivity contribution < 1.29 is 17.7 Å². The summed E-state index contributed by atoms with van der Waals surface area (Å²) in [5.41, 5.74) is 0.382. The van der Waals surface area contributed by atoms with Crippen LogP contribution >= 0.6 is 11.3 Å². The summed E-state index contributed by atoms with van der Waals surface area (Å²) in [6.07, 6.45) is 1.48. The van der Waals surface area contributed by atoms with Crippen molar-refractivity contribution in [3.8, 4) is 10.7 Å². The fourth-order valence-electron chi connectivity index (χ4n) is 3.29. The highest BCUT2D eigenvalue weighted by atomic mass is 32.2. The van der Waals surface area contributed by atoms with E-state index >= 15 is 0 Å². The number of Topliss-reactive ketones (excluding diaryl/α,β-unsaturated/α-hetero) is 1. The lowest BCUT2D eigenvalue weighted by Crippen LogP contribution is -2.39. The first kappa shape index (κ1) is 19.0.